The van der Waals surface area contributed by atoms with Crippen LogP contribution in [-0.2, 0) is 11.3 Å². The molecule has 3 heterocycles. The fraction of sp³-hybridized carbons (Fsp3) is 0.400. The zero-order valence-corrected chi connectivity index (χ0v) is 15.9. The van der Waals surface area contributed by atoms with Crippen molar-refractivity contribution in [1.82, 2.24) is 24.8 Å². The van der Waals surface area contributed by atoms with Gasteiger partial charge in [-0.2, -0.15) is 0 Å². The summed E-state index contributed by atoms with van der Waals surface area (Å²) in [7, 11) is 0. The monoisotopic (exact) mass is 380 g/mol. The molecule has 146 valence electrons. The molecule has 0 unspecified atom stereocenters. The van der Waals surface area contributed by atoms with E-state index in [1.54, 1.807) is 6.33 Å². The van der Waals surface area contributed by atoms with Gasteiger partial charge in [0, 0.05) is 43.9 Å². The number of carbonyl (C=O) groups excluding carboxylic acids is 1. The first-order valence-corrected chi connectivity index (χ1v) is 9.60. The number of hydrogen-bond donors (Lipinski definition) is 2. The molecule has 0 aliphatic carbocycles. The summed E-state index contributed by atoms with van der Waals surface area (Å²) in [6, 6.07) is 9.56. The van der Waals surface area contributed by atoms with Gasteiger partial charge in [0.1, 0.15) is 0 Å². The molecule has 2 N–H and O–H groups in total. The molecule has 1 amide bonds. The highest BCUT2D eigenvalue weighted by atomic mass is 16.1. The van der Waals surface area contributed by atoms with Crippen LogP contribution in [0.15, 0.2) is 41.5 Å². The van der Waals surface area contributed by atoms with Crippen LogP contribution in [0.25, 0.3) is 11.0 Å². The largest absolute Gasteiger partial charge is 0.353 e. The minimum Gasteiger partial charge on any atom is -0.353 e. The number of aryl methyl sites for hydroxylation is 2. The first kappa shape index (κ1) is 18.2. The maximum absolute atomic E-state index is 12.4. The minimum absolute atomic E-state index is 0.0540. The van der Waals surface area contributed by atoms with Gasteiger partial charge in [0.25, 0.3) is 5.56 Å². The zero-order valence-electron chi connectivity index (χ0n) is 15.9. The third-order valence-electron chi connectivity index (χ3n) is 5.12. The standard InChI is InChI=1S/C20H24N6O2/c1-14-12-19(28)24-20(22-14)25-9-6-15(7-10-25)23-18(27)8-11-26-13-21-16-4-2-3-5-17(16)26/h2-5,12-13,15H,6-11H2,1H3,(H,23,27)(H,22,24,28). The van der Waals surface area contributed by atoms with Crippen molar-refractivity contribution in [1.29, 1.82) is 0 Å². The van der Waals surface area contributed by atoms with Crippen LogP contribution in [0.5, 0.6) is 0 Å². The highest BCUT2D eigenvalue weighted by Gasteiger charge is 2.22. The second kappa shape index (κ2) is 7.84. The number of nitrogens with one attached hydrogen (secondary N) is 2. The summed E-state index contributed by atoms with van der Waals surface area (Å²) in [6.07, 6.45) is 3.87. The van der Waals surface area contributed by atoms with Crippen LogP contribution in [0.3, 0.4) is 0 Å². The lowest BCUT2D eigenvalue weighted by Crippen LogP contribution is -2.45. The van der Waals surface area contributed by atoms with Crippen molar-refractivity contribution in [2.24, 2.45) is 0 Å². The molecule has 1 aromatic carbocycles. The Kier molecular flexibility index (Phi) is 5.10. The molecule has 8 nitrogen and oxygen atoms in total. The van der Waals surface area contributed by atoms with Crippen LogP contribution in [-0.4, -0.2) is 44.6 Å². The summed E-state index contributed by atoms with van der Waals surface area (Å²) >= 11 is 0. The Hall–Kier alpha value is -3.16. The van der Waals surface area contributed by atoms with Crippen LogP contribution >= 0.6 is 0 Å². The van der Waals surface area contributed by atoms with Crippen LogP contribution < -0.4 is 15.8 Å². The molecule has 1 fully saturated rings. The summed E-state index contributed by atoms with van der Waals surface area (Å²) in [5.41, 5.74) is 2.56. The van der Waals surface area contributed by atoms with Crippen molar-refractivity contribution in [3.8, 4) is 0 Å². The average molecular weight is 380 g/mol. The van der Waals surface area contributed by atoms with E-state index in [1.807, 2.05) is 35.8 Å². The molecule has 1 aliphatic heterocycles. The van der Waals surface area contributed by atoms with Gasteiger partial charge in [-0.25, -0.2) is 9.97 Å². The number of fused-ring (bicyclic) bond motifs is 1. The molecule has 0 saturated carbocycles. The Balaban J connectivity index is 1.27. The van der Waals surface area contributed by atoms with Gasteiger partial charge in [-0.05, 0) is 31.9 Å². The first-order valence-electron chi connectivity index (χ1n) is 9.60. The maximum Gasteiger partial charge on any atom is 0.252 e. The molecule has 28 heavy (non-hydrogen) atoms. The minimum atomic E-state index is -0.134. The van der Waals surface area contributed by atoms with Crippen molar-refractivity contribution in [3.63, 3.8) is 0 Å². The van der Waals surface area contributed by atoms with E-state index < -0.39 is 0 Å². The number of anilines is 1. The van der Waals surface area contributed by atoms with E-state index >= 15 is 0 Å². The summed E-state index contributed by atoms with van der Waals surface area (Å²) < 4.78 is 2.01. The number of H-pyrrole nitrogens is 1. The van der Waals surface area contributed by atoms with Gasteiger partial charge in [-0.15, -0.1) is 0 Å². The molecule has 0 atom stereocenters. The fourth-order valence-electron chi connectivity index (χ4n) is 3.66. The number of imidazole rings is 1. The molecule has 1 aliphatic rings. The van der Waals surface area contributed by atoms with Crippen LogP contribution in [0.1, 0.15) is 25.0 Å². The van der Waals surface area contributed by atoms with Crippen LogP contribution in [0.2, 0.25) is 0 Å². The number of amides is 1. The molecule has 4 rings (SSSR count). The number of piperidine rings is 1. The van der Waals surface area contributed by atoms with E-state index in [1.165, 1.54) is 6.07 Å². The number of benzene rings is 1. The van der Waals surface area contributed by atoms with E-state index in [-0.39, 0.29) is 17.5 Å². The van der Waals surface area contributed by atoms with Gasteiger partial charge < -0.3 is 14.8 Å². The second-order valence-electron chi connectivity index (χ2n) is 7.22. The molecule has 1 saturated heterocycles. The van der Waals surface area contributed by atoms with Gasteiger partial charge in [-0.3, -0.25) is 14.6 Å². The van der Waals surface area contributed by atoms with E-state index in [4.69, 9.17) is 0 Å². The third-order valence-corrected chi connectivity index (χ3v) is 5.12. The van der Waals surface area contributed by atoms with E-state index in [2.05, 4.69) is 25.2 Å². The van der Waals surface area contributed by atoms with Crippen LogP contribution in [0, 0.1) is 6.92 Å². The predicted molar refractivity (Wildman–Crippen MR) is 107 cm³/mol. The first-order chi connectivity index (χ1) is 13.6. The molecule has 2 aromatic heterocycles. The summed E-state index contributed by atoms with van der Waals surface area (Å²) in [6.45, 7) is 3.93. The Morgan fingerprint density at radius 2 is 2.07 bits per heavy atom. The highest BCUT2D eigenvalue weighted by molar-refractivity contribution is 5.77. The number of aromatic nitrogens is 4. The zero-order chi connectivity index (χ0) is 19.5. The van der Waals surface area contributed by atoms with Gasteiger partial charge in [0.05, 0.1) is 17.4 Å². The number of carbonyl (C=O) groups is 1. The van der Waals surface area contributed by atoms with Crippen molar-refractivity contribution in [2.75, 3.05) is 18.0 Å². The Morgan fingerprint density at radius 1 is 1.29 bits per heavy atom. The number of nitrogens with zero attached hydrogens (tertiary/aromatic N) is 4. The molecule has 3 aromatic rings. The molecule has 0 bridgehead atoms. The Bertz CT molecular complexity index is 1030. The topological polar surface area (TPSA) is 95.9 Å². The van der Waals surface area contributed by atoms with Gasteiger partial charge >= 0.3 is 0 Å². The molecule has 8 heteroatoms. The van der Waals surface area contributed by atoms with Gasteiger partial charge in [0.15, 0.2) is 0 Å². The summed E-state index contributed by atoms with van der Waals surface area (Å²) in [5.74, 6) is 0.667. The molecular weight excluding hydrogens is 356 g/mol. The van der Waals surface area contributed by atoms with Crippen LogP contribution in [0.4, 0.5) is 5.95 Å². The van der Waals surface area contributed by atoms with E-state index in [9.17, 15) is 9.59 Å². The van der Waals surface area contributed by atoms with Crippen molar-refractivity contribution >= 4 is 22.9 Å². The second-order valence-corrected chi connectivity index (χ2v) is 7.22. The highest BCUT2D eigenvalue weighted by Crippen LogP contribution is 2.16. The summed E-state index contributed by atoms with van der Waals surface area (Å²) in [4.78, 5) is 37.6. The lowest BCUT2D eigenvalue weighted by atomic mass is 10.1. The fourth-order valence-corrected chi connectivity index (χ4v) is 3.66. The van der Waals surface area contributed by atoms with Crippen molar-refractivity contribution in [3.05, 3.63) is 52.7 Å². The van der Waals surface area contributed by atoms with Crippen molar-refractivity contribution in [2.45, 2.75) is 38.8 Å². The lowest BCUT2D eigenvalue weighted by molar-refractivity contribution is -0.122. The smallest absolute Gasteiger partial charge is 0.252 e. The lowest BCUT2D eigenvalue weighted by Gasteiger charge is -2.32. The Morgan fingerprint density at radius 3 is 2.86 bits per heavy atom. The summed E-state index contributed by atoms with van der Waals surface area (Å²) in [5, 5.41) is 3.13. The molecular formula is C20H24N6O2. The number of para-hydroxylation sites is 2. The normalized spacial score (nSPS) is 15.1. The van der Waals surface area contributed by atoms with E-state index in [0.29, 0.717) is 24.6 Å². The van der Waals surface area contributed by atoms with Crippen molar-refractivity contribution < 1.29 is 4.79 Å². The molecule has 0 radical (unpaired) electrons. The quantitative estimate of drug-likeness (QED) is 0.701. The van der Waals surface area contributed by atoms with Gasteiger partial charge in [0.2, 0.25) is 11.9 Å². The number of aromatic amines is 1. The number of hydrogen-bond acceptors (Lipinski definition) is 5. The molecule has 0 spiro atoms. The van der Waals surface area contributed by atoms with E-state index in [0.717, 1.165) is 37.0 Å². The average Bonchev–Trinajstić information content (AvgIpc) is 3.09. The SMILES string of the molecule is Cc1cc(=O)[nH]c(N2CCC(NC(=O)CCn3cnc4ccccc43)CC2)n1. The van der Waals surface area contributed by atoms with Gasteiger partial charge in [-0.1, -0.05) is 12.1 Å². The third kappa shape index (κ3) is 4.05. The number of rotatable bonds is 5. The maximum atomic E-state index is 12.4. The Labute approximate surface area is 162 Å². The predicted octanol–water partition coefficient (Wildman–Crippen LogP) is 1.60.